The average Bonchev–Trinajstić information content (AvgIpc) is 2.78. The van der Waals surface area contributed by atoms with Gasteiger partial charge in [0.05, 0.1) is 22.5 Å². The van der Waals surface area contributed by atoms with Crippen molar-refractivity contribution in [2.24, 2.45) is 5.10 Å². The van der Waals surface area contributed by atoms with Crippen LogP contribution < -0.4 is 5.43 Å². The molecule has 30 heavy (non-hydrogen) atoms. The lowest BCUT2D eigenvalue weighted by molar-refractivity contribution is 0.0956. The average molecular weight is 398 g/mol. The van der Waals surface area contributed by atoms with Gasteiger partial charge in [-0.25, -0.2) is 10.4 Å². The van der Waals surface area contributed by atoms with Crippen molar-refractivity contribution in [3.8, 4) is 22.8 Å². The first kappa shape index (κ1) is 19.1. The summed E-state index contributed by atoms with van der Waals surface area (Å²) in [5.74, 6) is -0.466. The van der Waals surface area contributed by atoms with E-state index in [0.29, 0.717) is 33.4 Å². The van der Waals surface area contributed by atoms with E-state index in [4.69, 9.17) is 0 Å². The second kappa shape index (κ2) is 8.00. The van der Waals surface area contributed by atoms with Crippen molar-refractivity contribution in [2.45, 2.75) is 6.92 Å². The number of pyridine rings is 2. The molecule has 0 spiro atoms. The molecule has 0 aliphatic carbocycles. The van der Waals surface area contributed by atoms with Crippen LogP contribution in [0.1, 0.15) is 22.8 Å². The molecule has 0 atom stereocenters. The summed E-state index contributed by atoms with van der Waals surface area (Å²) in [7, 11) is 0. The second-order valence-corrected chi connectivity index (χ2v) is 6.65. The number of hydrogen-bond acceptors (Lipinski definition) is 6. The molecule has 2 heterocycles. The van der Waals surface area contributed by atoms with Crippen LogP contribution in [-0.4, -0.2) is 31.8 Å². The van der Waals surface area contributed by atoms with Crippen LogP contribution in [0.2, 0.25) is 0 Å². The zero-order valence-electron chi connectivity index (χ0n) is 16.1. The fourth-order valence-electron chi connectivity index (χ4n) is 3.10. The predicted octanol–water partition coefficient (Wildman–Crippen LogP) is 3.86. The number of nitrogens with one attached hydrogen (secondary N) is 1. The minimum Gasteiger partial charge on any atom is -0.508 e. The van der Waals surface area contributed by atoms with Gasteiger partial charge in [0.15, 0.2) is 0 Å². The quantitative estimate of drug-likeness (QED) is 0.275. The molecule has 3 N–H and O–H groups in total. The molecule has 0 unspecified atom stereocenters. The van der Waals surface area contributed by atoms with Crippen molar-refractivity contribution < 1.29 is 15.0 Å². The van der Waals surface area contributed by atoms with Gasteiger partial charge in [-0.1, -0.05) is 18.2 Å². The second-order valence-electron chi connectivity index (χ2n) is 6.65. The first-order chi connectivity index (χ1) is 14.5. The third kappa shape index (κ3) is 3.81. The molecule has 4 aromatic rings. The van der Waals surface area contributed by atoms with Crippen LogP contribution in [0.25, 0.3) is 22.2 Å². The Morgan fingerprint density at radius 3 is 2.53 bits per heavy atom. The molecule has 2 aromatic heterocycles. The van der Waals surface area contributed by atoms with Gasteiger partial charge in [0, 0.05) is 28.9 Å². The highest BCUT2D eigenvalue weighted by atomic mass is 16.3. The van der Waals surface area contributed by atoms with Crippen LogP contribution in [-0.2, 0) is 0 Å². The van der Waals surface area contributed by atoms with E-state index in [1.807, 2.05) is 36.4 Å². The van der Waals surface area contributed by atoms with Crippen molar-refractivity contribution in [3.05, 3.63) is 84.2 Å². The Morgan fingerprint density at radius 1 is 0.967 bits per heavy atom. The number of fused-ring (bicyclic) bond motifs is 1. The first-order valence-electron chi connectivity index (χ1n) is 9.20. The third-order valence-electron chi connectivity index (χ3n) is 4.63. The van der Waals surface area contributed by atoms with Crippen LogP contribution in [0.3, 0.4) is 0 Å². The van der Waals surface area contributed by atoms with E-state index < -0.39 is 5.91 Å². The minimum atomic E-state index is -0.414. The molecular formula is C23H18N4O3. The normalized spacial score (nSPS) is 11.4. The van der Waals surface area contributed by atoms with E-state index >= 15 is 0 Å². The molecule has 0 aliphatic rings. The van der Waals surface area contributed by atoms with Gasteiger partial charge >= 0.3 is 0 Å². The van der Waals surface area contributed by atoms with Gasteiger partial charge in [-0.05, 0) is 49.4 Å². The van der Waals surface area contributed by atoms with E-state index in [-0.39, 0.29) is 11.5 Å². The van der Waals surface area contributed by atoms with Crippen molar-refractivity contribution in [3.63, 3.8) is 0 Å². The molecule has 7 heteroatoms. The largest absolute Gasteiger partial charge is 0.508 e. The molecule has 0 bridgehead atoms. The Kier molecular flexibility index (Phi) is 5.09. The third-order valence-corrected chi connectivity index (χ3v) is 4.63. The van der Waals surface area contributed by atoms with E-state index in [2.05, 4.69) is 20.5 Å². The fraction of sp³-hybridized carbons (Fsp3) is 0.0435. The molecule has 0 saturated heterocycles. The number of amides is 1. The van der Waals surface area contributed by atoms with Crippen LogP contribution in [0.4, 0.5) is 0 Å². The van der Waals surface area contributed by atoms with Crippen LogP contribution >= 0.6 is 0 Å². The number of rotatable bonds is 4. The lowest BCUT2D eigenvalue weighted by Gasteiger charge is -2.10. The predicted molar refractivity (Wildman–Crippen MR) is 114 cm³/mol. The van der Waals surface area contributed by atoms with E-state index in [9.17, 15) is 15.0 Å². The number of phenols is 2. The topological polar surface area (TPSA) is 108 Å². The maximum absolute atomic E-state index is 13.0. The van der Waals surface area contributed by atoms with Gasteiger partial charge in [0.2, 0.25) is 0 Å². The number of para-hydroxylation sites is 1. The van der Waals surface area contributed by atoms with Gasteiger partial charge in [-0.15, -0.1) is 0 Å². The molecule has 2 aromatic carbocycles. The molecular weight excluding hydrogens is 380 g/mol. The van der Waals surface area contributed by atoms with Crippen LogP contribution in [0, 0.1) is 0 Å². The number of hydrogen-bond donors (Lipinski definition) is 3. The Balaban J connectivity index is 1.71. The van der Waals surface area contributed by atoms with Crippen LogP contribution in [0.5, 0.6) is 11.5 Å². The molecule has 0 fully saturated rings. The number of phenolic OH excluding ortho intramolecular Hbond substituents is 2. The highest BCUT2D eigenvalue weighted by Crippen LogP contribution is 2.25. The van der Waals surface area contributed by atoms with Gasteiger partial charge in [0.1, 0.15) is 11.5 Å². The van der Waals surface area contributed by atoms with Gasteiger partial charge < -0.3 is 10.2 Å². The molecule has 0 aliphatic heterocycles. The number of aromatic nitrogens is 2. The smallest absolute Gasteiger partial charge is 0.272 e. The van der Waals surface area contributed by atoms with E-state index in [1.54, 1.807) is 25.4 Å². The SMILES string of the molecule is C/C(=N/NC(=O)c1cc(-c2ccncc2)nc2ccccc12)c1cc(O)ccc1O. The first-order valence-corrected chi connectivity index (χ1v) is 9.20. The summed E-state index contributed by atoms with van der Waals surface area (Å²) >= 11 is 0. The highest BCUT2D eigenvalue weighted by molar-refractivity contribution is 6.08. The maximum atomic E-state index is 13.0. The number of carbonyl (C=O) groups is 1. The zero-order valence-corrected chi connectivity index (χ0v) is 16.1. The summed E-state index contributed by atoms with van der Waals surface area (Å²) in [4.78, 5) is 21.6. The van der Waals surface area contributed by atoms with E-state index in [1.165, 1.54) is 18.2 Å². The molecule has 148 valence electrons. The molecule has 7 nitrogen and oxygen atoms in total. The Hall–Kier alpha value is -4.26. The maximum Gasteiger partial charge on any atom is 0.272 e. The lowest BCUT2D eigenvalue weighted by atomic mass is 10.0. The monoisotopic (exact) mass is 398 g/mol. The van der Waals surface area contributed by atoms with Crippen molar-refractivity contribution in [1.29, 1.82) is 0 Å². The summed E-state index contributed by atoms with van der Waals surface area (Å²) in [6.45, 7) is 1.63. The summed E-state index contributed by atoms with van der Waals surface area (Å²) in [6, 6.07) is 16.8. The summed E-state index contributed by atoms with van der Waals surface area (Å²) in [5.41, 5.74) is 5.80. The van der Waals surface area contributed by atoms with Crippen molar-refractivity contribution in [2.75, 3.05) is 0 Å². The van der Waals surface area contributed by atoms with E-state index in [0.717, 1.165) is 5.56 Å². The van der Waals surface area contributed by atoms with Gasteiger partial charge in [0.25, 0.3) is 5.91 Å². The van der Waals surface area contributed by atoms with Gasteiger partial charge in [-0.2, -0.15) is 5.10 Å². The summed E-state index contributed by atoms with van der Waals surface area (Å²) in [6.07, 6.45) is 3.34. The number of benzene rings is 2. The molecule has 0 radical (unpaired) electrons. The van der Waals surface area contributed by atoms with Gasteiger partial charge in [-0.3, -0.25) is 9.78 Å². The molecule has 1 amide bonds. The molecule has 0 saturated carbocycles. The number of aromatic hydroxyl groups is 2. The standard InChI is InChI=1S/C23H18N4O3/c1-14(18-12-16(28)6-7-22(18)29)26-27-23(30)19-13-21(15-8-10-24-11-9-15)25-20-5-3-2-4-17(19)20/h2-13,28-29H,1H3,(H,27,30)/b26-14-. The summed E-state index contributed by atoms with van der Waals surface area (Å²) < 4.78 is 0. The zero-order chi connectivity index (χ0) is 21.1. The Labute approximate surface area is 172 Å². The van der Waals surface area contributed by atoms with Crippen molar-refractivity contribution >= 4 is 22.5 Å². The van der Waals surface area contributed by atoms with Crippen LogP contribution in [0.15, 0.2) is 78.2 Å². The Bertz CT molecular complexity index is 1270. The number of nitrogens with zero attached hydrogens (tertiary/aromatic N) is 3. The Morgan fingerprint density at radius 2 is 1.73 bits per heavy atom. The fourth-order valence-corrected chi connectivity index (χ4v) is 3.10. The lowest BCUT2D eigenvalue weighted by Crippen LogP contribution is -2.20. The number of hydrazone groups is 1. The summed E-state index contributed by atoms with van der Waals surface area (Å²) in [5, 5.41) is 24.4. The number of carbonyl (C=O) groups excluding carboxylic acids is 1. The molecule has 4 rings (SSSR count). The van der Waals surface area contributed by atoms with Crippen molar-refractivity contribution in [1.82, 2.24) is 15.4 Å². The highest BCUT2D eigenvalue weighted by Gasteiger charge is 2.14. The minimum absolute atomic E-state index is 0.00852.